The van der Waals surface area contributed by atoms with Crippen LogP contribution in [0, 0.1) is 0 Å². The van der Waals surface area contributed by atoms with Crippen molar-refractivity contribution in [1.82, 2.24) is 0 Å². The zero-order valence-electron chi connectivity index (χ0n) is 68.4. The number of carbonyl (C=O) groups excluding carboxylic acids is 3. The molecule has 103 heavy (non-hydrogen) atoms. The predicted molar refractivity (Wildman–Crippen MR) is 444 cm³/mol. The summed E-state index contributed by atoms with van der Waals surface area (Å²) in [6, 6.07) is 0. The number of hydrogen-bond acceptors (Lipinski definition) is 8. The Morgan fingerprint density at radius 3 is 0.825 bits per heavy atom. The number of nitrogens with zero attached hydrogens (tertiary/aromatic N) is 1. The van der Waals surface area contributed by atoms with Crippen molar-refractivity contribution in [1.29, 1.82) is 0 Å². The number of hydrogen-bond donors (Lipinski definition) is 0. The first-order valence-corrected chi connectivity index (χ1v) is 44.0. The lowest BCUT2D eigenvalue weighted by Crippen LogP contribution is -2.44. The Morgan fingerprint density at radius 1 is 0.301 bits per heavy atom. The average Bonchev–Trinajstić information content (AvgIpc) is 0.985. The van der Waals surface area contributed by atoms with Gasteiger partial charge in [-0.3, -0.25) is 9.59 Å². The molecular weight excluding hydrogens is 1270 g/mol. The molecule has 0 fully saturated rings. The van der Waals surface area contributed by atoms with E-state index in [0.29, 0.717) is 23.9 Å². The van der Waals surface area contributed by atoms with Crippen LogP contribution >= 0.6 is 0 Å². The molecule has 0 aliphatic carbocycles. The van der Waals surface area contributed by atoms with Crippen LogP contribution < -0.4 is 5.11 Å². The van der Waals surface area contributed by atoms with Gasteiger partial charge in [-0.1, -0.05) is 406 Å². The number of quaternary nitrogens is 1. The second-order valence-corrected chi connectivity index (χ2v) is 30.8. The minimum absolute atomic E-state index is 0.148. The molecule has 0 aromatic rings. The van der Waals surface area contributed by atoms with Crippen LogP contribution in [-0.4, -0.2) is 82.3 Å². The lowest BCUT2D eigenvalue weighted by molar-refractivity contribution is -0.870. The number of ether oxygens (including phenoxy) is 4. The summed E-state index contributed by atoms with van der Waals surface area (Å²) < 4.78 is 22.9. The Morgan fingerprint density at radius 2 is 0.553 bits per heavy atom. The highest BCUT2D eigenvalue weighted by Gasteiger charge is 2.22. The minimum Gasteiger partial charge on any atom is -0.545 e. The maximum Gasteiger partial charge on any atom is 0.306 e. The van der Waals surface area contributed by atoms with E-state index in [1.54, 1.807) is 0 Å². The maximum atomic E-state index is 13.0. The summed E-state index contributed by atoms with van der Waals surface area (Å²) in [5.74, 6) is -2.26. The van der Waals surface area contributed by atoms with E-state index in [1.165, 1.54) is 295 Å². The molecule has 0 N–H and O–H groups in total. The minimum atomic E-state index is -1.62. The summed E-state index contributed by atoms with van der Waals surface area (Å²) in [6.07, 6.45) is 115. The number of likely N-dealkylation sites (N-methyl/N-ethyl adjacent to an activating group) is 1. The van der Waals surface area contributed by atoms with Crippen LogP contribution in [-0.2, 0) is 33.3 Å². The second kappa shape index (κ2) is 83.6. The molecule has 0 saturated heterocycles. The van der Waals surface area contributed by atoms with Crippen LogP contribution in [0.15, 0.2) is 109 Å². The Bertz CT molecular complexity index is 2070. The molecule has 0 radical (unpaired) electrons. The lowest BCUT2D eigenvalue weighted by Gasteiger charge is -2.26. The summed E-state index contributed by atoms with van der Waals surface area (Å²) in [4.78, 5) is 37.7. The summed E-state index contributed by atoms with van der Waals surface area (Å²) in [6.45, 7) is 4.68. The number of rotatable bonds is 82. The zero-order valence-corrected chi connectivity index (χ0v) is 68.4. The molecule has 9 nitrogen and oxygen atoms in total. The molecule has 0 aromatic heterocycles. The lowest BCUT2D eigenvalue weighted by atomic mass is 10.0. The predicted octanol–water partition coefficient (Wildman–Crippen LogP) is 27.5. The first-order valence-electron chi connectivity index (χ1n) is 44.0. The van der Waals surface area contributed by atoms with E-state index in [2.05, 4.69) is 123 Å². The number of aliphatic carboxylic acids is 1. The largest absolute Gasteiger partial charge is 0.545 e. The van der Waals surface area contributed by atoms with Crippen LogP contribution in [0.2, 0.25) is 0 Å². The molecule has 0 amide bonds. The van der Waals surface area contributed by atoms with Crippen molar-refractivity contribution in [2.45, 2.75) is 424 Å². The van der Waals surface area contributed by atoms with E-state index in [9.17, 15) is 19.5 Å². The van der Waals surface area contributed by atoms with Gasteiger partial charge in [0, 0.05) is 12.8 Å². The van der Waals surface area contributed by atoms with Gasteiger partial charge in [-0.25, -0.2) is 0 Å². The Labute approximate surface area is 638 Å². The van der Waals surface area contributed by atoms with Crippen molar-refractivity contribution in [2.24, 2.45) is 0 Å². The summed E-state index contributed by atoms with van der Waals surface area (Å²) in [5, 5.41) is 11.9. The van der Waals surface area contributed by atoms with Gasteiger partial charge in [0.2, 0.25) is 0 Å². The average molecular weight is 1440 g/mol. The van der Waals surface area contributed by atoms with Crippen LogP contribution in [0.3, 0.4) is 0 Å². The molecule has 0 saturated carbocycles. The molecule has 0 aliphatic heterocycles. The van der Waals surface area contributed by atoms with Crippen molar-refractivity contribution in [3.8, 4) is 0 Å². The topological polar surface area (TPSA) is 111 Å². The smallest absolute Gasteiger partial charge is 0.306 e. The number of carbonyl (C=O) groups is 3. The number of esters is 2. The number of allylic oxidation sites excluding steroid dienone is 18. The molecule has 0 rings (SSSR count). The third kappa shape index (κ3) is 85.1. The highest BCUT2D eigenvalue weighted by molar-refractivity contribution is 5.70. The third-order valence-electron chi connectivity index (χ3n) is 19.5. The van der Waals surface area contributed by atoms with Crippen LogP contribution in [0.25, 0.3) is 0 Å². The second-order valence-electron chi connectivity index (χ2n) is 30.8. The molecular formula is C94H167NO8. The highest BCUT2D eigenvalue weighted by Crippen LogP contribution is 2.20. The van der Waals surface area contributed by atoms with E-state index < -0.39 is 24.3 Å². The van der Waals surface area contributed by atoms with E-state index in [1.807, 2.05) is 21.1 Å². The van der Waals surface area contributed by atoms with Crippen molar-refractivity contribution in [3.05, 3.63) is 109 Å². The van der Waals surface area contributed by atoms with Gasteiger partial charge in [0.25, 0.3) is 0 Å². The molecule has 0 aliphatic rings. The molecule has 0 heterocycles. The van der Waals surface area contributed by atoms with Gasteiger partial charge >= 0.3 is 11.9 Å². The van der Waals surface area contributed by atoms with Crippen molar-refractivity contribution in [3.63, 3.8) is 0 Å². The van der Waals surface area contributed by atoms with Crippen molar-refractivity contribution < 1.29 is 42.9 Å². The van der Waals surface area contributed by atoms with Gasteiger partial charge in [0.05, 0.1) is 40.3 Å². The molecule has 2 atom stereocenters. The Kier molecular flexibility index (Phi) is 80.3. The van der Waals surface area contributed by atoms with Gasteiger partial charge in [-0.05, 0) is 103 Å². The molecule has 0 spiro atoms. The van der Waals surface area contributed by atoms with Crippen LogP contribution in [0.4, 0.5) is 0 Å². The third-order valence-corrected chi connectivity index (χ3v) is 19.5. The Hall–Kier alpha value is -4.05. The number of carboxylic acids is 1. The Balaban J connectivity index is 3.94. The van der Waals surface area contributed by atoms with E-state index in [-0.39, 0.29) is 32.2 Å². The fourth-order valence-electron chi connectivity index (χ4n) is 12.8. The van der Waals surface area contributed by atoms with Gasteiger partial charge < -0.3 is 33.3 Å². The monoisotopic (exact) mass is 1440 g/mol. The SMILES string of the molecule is CC/C=C\C/C=C\C/C=C\C/C=C\C/C=C\C/C=C\CCCCCCCCCCCCCCCCCCCCCCC(=O)OC(COC(=O)CCCCCCCCCCCCCCCCCCCCCCCCCC/C=C\C/C=C\C/C=C\CCCCCCC)COC(OCC[N+](C)(C)C)C(=O)[O-]. The summed E-state index contributed by atoms with van der Waals surface area (Å²) in [7, 11) is 5.95. The van der Waals surface area contributed by atoms with Crippen LogP contribution in [0.1, 0.15) is 412 Å². The van der Waals surface area contributed by atoms with E-state index >= 15 is 0 Å². The molecule has 0 bridgehead atoms. The normalized spacial score (nSPS) is 13.1. The summed E-state index contributed by atoms with van der Waals surface area (Å²) in [5.41, 5.74) is 0. The van der Waals surface area contributed by atoms with Gasteiger partial charge in [-0.15, -0.1) is 0 Å². The van der Waals surface area contributed by atoms with E-state index in [4.69, 9.17) is 18.9 Å². The summed E-state index contributed by atoms with van der Waals surface area (Å²) >= 11 is 0. The quantitative estimate of drug-likeness (QED) is 0.0195. The molecule has 0 aromatic carbocycles. The number of carboxylic acid groups (broad SMARTS) is 1. The molecule has 596 valence electrons. The molecule has 9 heteroatoms. The fraction of sp³-hybridized carbons (Fsp3) is 0.777. The standard InChI is InChI=1S/C94H167NO8/c1-6-8-10-12-14-16-18-20-22-24-26-28-30-32-34-36-38-40-42-44-46-48-50-52-54-56-58-60-62-64-66-68-70-72-74-76-78-80-82-84-91(96)101-88-90(89-102-94(93(98)99)100-87-86-95(3,4)5)103-92(97)85-83-81-79-77-75-73-71-69-67-65-63-61-59-57-55-53-51-49-47-45-43-41-39-37-35-33-31-29-27-25-23-21-19-17-15-13-11-9-7-2/h9,11,15,17-18,20-21,23-24,26-27,29-30,32-33,35,39,41,90,94H,6-8,10,12-14,16,19,22,25,28,31,34,36-38,40,42-89H2,1-5H3/b11-9-,17-15-,20-18-,23-21-,26-24-,29-27-,32-30-,35-33-,41-39-. The van der Waals surface area contributed by atoms with Crippen molar-refractivity contribution >= 4 is 17.9 Å². The molecule has 2 unspecified atom stereocenters. The van der Waals surface area contributed by atoms with E-state index in [0.717, 1.165) is 83.5 Å². The van der Waals surface area contributed by atoms with Gasteiger partial charge in [0.15, 0.2) is 12.4 Å². The van der Waals surface area contributed by atoms with Gasteiger partial charge in [0.1, 0.15) is 13.2 Å². The fourth-order valence-corrected chi connectivity index (χ4v) is 12.8. The van der Waals surface area contributed by atoms with Gasteiger partial charge in [-0.2, -0.15) is 0 Å². The number of unbranched alkanes of at least 4 members (excludes halogenated alkanes) is 49. The first-order chi connectivity index (χ1) is 50.6. The highest BCUT2D eigenvalue weighted by atomic mass is 16.7. The van der Waals surface area contributed by atoms with Crippen LogP contribution in [0.5, 0.6) is 0 Å². The van der Waals surface area contributed by atoms with Crippen molar-refractivity contribution in [2.75, 3.05) is 47.5 Å². The maximum absolute atomic E-state index is 13.0. The first kappa shape index (κ1) is 98.9. The zero-order chi connectivity index (χ0) is 74.6.